The average molecular weight is 269 g/mol. The van der Waals surface area contributed by atoms with Crippen LogP contribution in [0.2, 0.25) is 0 Å². The quantitative estimate of drug-likeness (QED) is 0.725. The second-order valence-corrected chi connectivity index (χ2v) is 4.37. The number of hydrogen-bond donors (Lipinski definition) is 0. The fourth-order valence-electron chi connectivity index (χ4n) is 1.57. The van der Waals surface area contributed by atoms with Gasteiger partial charge in [-0.1, -0.05) is 0 Å². The minimum atomic E-state index is -0.150. The maximum Gasteiger partial charge on any atom is 0.234 e. The van der Waals surface area contributed by atoms with E-state index in [2.05, 4.69) is 20.9 Å². The fraction of sp³-hybridized carbons (Fsp3) is 0.300. The number of halogens is 1. The van der Waals surface area contributed by atoms with Gasteiger partial charge in [-0.05, 0) is 28.9 Å². The zero-order valence-corrected chi connectivity index (χ0v) is 9.74. The van der Waals surface area contributed by atoms with E-state index in [1.54, 1.807) is 12.3 Å². The summed E-state index contributed by atoms with van der Waals surface area (Å²) >= 11 is 3.29. The van der Waals surface area contributed by atoms with Crippen LogP contribution in [0.4, 0.5) is 5.69 Å². The van der Waals surface area contributed by atoms with Crippen LogP contribution in [0.1, 0.15) is 12.1 Å². The average Bonchev–Trinajstić information content (AvgIpc) is 2.50. The first-order chi connectivity index (χ1) is 7.08. The summed E-state index contributed by atoms with van der Waals surface area (Å²) < 4.78 is 0.801. The number of nitrogens with zero attached hydrogens (tertiary/aromatic N) is 2. The van der Waals surface area contributed by atoms with Gasteiger partial charge in [0.1, 0.15) is 0 Å². The predicted molar refractivity (Wildman–Crippen MR) is 58.7 cm³/mol. The molecule has 0 spiro atoms. The highest BCUT2D eigenvalue weighted by atomic mass is 79.9. The first-order valence-electron chi connectivity index (χ1n) is 4.52. The van der Waals surface area contributed by atoms with Gasteiger partial charge < -0.3 is 4.90 Å². The van der Waals surface area contributed by atoms with Crippen LogP contribution in [0.15, 0.2) is 16.7 Å². The smallest absolute Gasteiger partial charge is 0.234 e. The topological polar surface area (TPSA) is 50.3 Å². The van der Waals surface area contributed by atoms with E-state index in [1.807, 2.05) is 6.92 Å². The summed E-state index contributed by atoms with van der Waals surface area (Å²) in [6, 6.07) is 1.80. The molecule has 1 aromatic rings. The molecule has 1 amide bonds. The number of aryl methyl sites for hydroxylation is 1. The van der Waals surface area contributed by atoms with Crippen molar-refractivity contribution in [1.29, 1.82) is 0 Å². The van der Waals surface area contributed by atoms with Crippen LogP contribution in [0.3, 0.4) is 0 Å². The van der Waals surface area contributed by atoms with Gasteiger partial charge in [-0.15, -0.1) is 0 Å². The van der Waals surface area contributed by atoms with Crippen molar-refractivity contribution in [2.24, 2.45) is 0 Å². The highest BCUT2D eigenvalue weighted by molar-refractivity contribution is 9.10. The zero-order chi connectivity index (χ0) is 11.0. The normalized spacial score (nSPS) is 16.3. The van der Waals surface area contributed by atoms with Crippen molar-refractivity contribution in [3.63, 3.8) is 0 Å². The highest BCUT2D eigenvalue weighted by Crippen LogP contribution is 2.25. The molecule has 0 radical (unpaired) electrons. The number of carbonyl (C=O) groups is 2. The molecule has 1 aliphatic rings. The van der Waals surface area contributed by atoms with Crippen molar-refractivity contribution in [3.05, 3.63) is 22.4 Å². The lowest BCUT2D eigenvalue weighted by atomic mass is 10.3. The Morgan fingerprint density at radius 2 is 2.20 bits per heavy atom. The van der Waals surface area contributed by atoms with Gasteiger partial charge in [-0.2, -0.15) is 0 Å². The maximum atomic E-state index is 11.5. The van der Waals surface area contributed by atoms with E-state index in [1.165, 1.54) is 4.90 Å². The second kappa shape index (κ2) is 3.73. The van der Waals surface area contributed by atoms with Crippen molar-refractivity contribution >= 4 is 33.3 Å². The Hall–Kier alpha value is -1.23. The number of amides is 1. The molecule has 0 bridgehead atoms. The van der Waals surface area contributed by atoms with Gasteiger partial charge in [0.25, 0.3) is 0 Å². The third-order valence-corrected chi connectivity index (χ3v) is 2.74. The van der Waals surface area contributed by atoms with Crippen LogP contribution >= 0.6 is 15.9 Å². The summed E-state index contributed by atoms with van der Waals surface area (Å²) in [7, 11) is 0. The zero-order valence-electron chi connectivity index (χ0n) is 8.16. The summed E-state index contributed by atoms with van der Waals surface area (Å²) in [6.45, 7) is 1.98. The molecule has 2 heterocycles. The molecule has 4 nitrogen and oxygen atoms in total. The Bertz CT molecular complexity index is 445. The second-order valence-electron chi connectivity index (χ2n) is 3.45. The van der Waals surface area contributed by atoms with E-state index < -0.39 is 0 Å². The molecule has 1 saturated heterocycles. The van der Waals surface area contributed by atoms with Gasteiger partial charge >= 0.3 is 0 Å². The summed E-state index contributed by atoms with van der Waals surface area (Å²) in [4.78, 5) is 28.3. The first-order valence-corrected chi connectivity index (χ1v) is 5.31. The minimum Gasteiger partial charge on any atom is -0.303 e. The molecular formula is C10H9BrN2O2. The number of rotatable bonds is 1. The summed E-state index contributed by atoms with van der Waals surface area (Å²) in [6.07, 6.45) is 1.67. The molecule has 1 aromatic heterocycles. The van der Waals surface area contributed by atoms with Crippen molar-refractivity contribution in [1.82, 2.24) is 4.98 Å². The first kappa shape index (κ1) is 10.3. The SMILES string of the molecule is Cc1ncc(Br)cc1N1CC(=O)CC1=O. The van der Waals surface area contributed by atoms with E-state index in [-0.39, 0.29) is 24.7 Å². The molecule has 1 aliphatic heterocycles. The van der Waals surface area contributed by atoms with E-state index >= 15 is 0 Å². The monoisotopic (exact) mass is 268 g/mol. The third kappa shape index (κ3) is 1.92. The summed E-state index contributed by atoms with van der Waals surface area (Å²) in [5.41, 5.74) is 1.46. The van der Waals surface area contributed by atoms with Gasteiger partial charge in [0, 0.05) is 10.7 Å². The minimum absolute atomic E-state index is 0.00591. The predicted octanol–water partition coefficient (Wildman–Crippen LogP) is 1.46. The van der Waals surface area contributed by atoms with Crippen molar-refractivity contribution in [3.8, 4) is 0 Å². The Balaban J connectivity index is 2.41. The van der Waals surface area contributed by atoms with E-state index in [9.17, 15) is 9.59 Å². The number of Topliss-reactive ketones (excluding diaryl/α,β-unsaturated/α-hetero) is 1. The number of ketones is 1. The maximum absolute atomic E-state index is 11.5. The lowest BCUT2D eigenvalue weighted by Crippen LogP contribution is -2.25. The Kier molecular flexibility index (Phi) is 2.56. The van der Waals surface area contributed by atoms with Crippen molar-refractivity contribution < 1.29 is 9.59 Å². The molecule has 5 heteroatoms. The molecular weight excluding hydrogens is 260 g/mol. The lowest BCUT2D eigenvalue weighted by Gasteiger charge is -2.16. The van der Waals surface area contributed by atoms with Crippen molar-refractivity contribution in [2.45, 2.75) is 13.3 Å². The van der Waals surface area contributed by atoms with Crippen LogP contribution in [-0.4, -0.2) is 23.2 Å². The standard InChI is InChI=1S/C10H9BrN2O2/c1-6-9(2-7(11)4-12-6)13-5-8(14)3-10(13)15/h2,4H,3,5H2,1H3. The Morgan fingerprint density at radius 3 is 2.80 bits per heavy atom. The van der Waals surface area contributed by atoms with Crippen molar-refractivity contribution in [2.75, 3.05) is 11.4 Å². The van der Waals surface area contributed by atoms with Gasteiger partial charge in [0.05, 0.1) is 24.3 Å². The molecule has 0 aliphatic carbocycles. The molecule has 78 valence electrons. The van der Waals surface area contributed by atoms with E-state index in [4.69, 9.17) is 0 Å². The Labute approximate surface area is 95.4 Å². The number of carbonyl (C=O) groups excluding carboxylic acids is 2. The summed E-state index contributed by atoms with van der Waals surface area (Å²) in [5, 5.41) is 0. The van der Waals surface area contributed by atoms with E-state index in [0.29, 0.717) is 5.69 Å². The molecule has 1 fully saturated rings. The van der Waals surface area contributed by atoms with Crippen LogP contribution in [0.25, 0.3) is 0 Å². The number of aromatic nitrogens is 1. The van der Waals surface area contributed by atoms with Crippen LogP contribution in [-0.2, 0) is 9.59 Å². The fourth-order valence-corrected chi connectivity index (χ4v) is 1.89. The highest BCUT2D eigenvalue weighted by Gasteiger charge is 2.29. The molecule has 0 saturated carbocycles. The number of anilines is 1. The molecule has 0 unspecified atom stereocenters. The molecule has 0 aromatic carbocycles. The van der Waals surface area contributed by atoms with Gasteiger partial charge in [-0.3, -0.25) is 14.6 Å². The van der Waals surface area contributed by atoms with E-state index in [0.717, 1.165) is 10.2 Å². The largest absolute Gasteiger partial charge is 0.303 e. The molecule has 2 rings (SSSR count). The summed E-state index contributed by atoms with van der Waals surface area (Å²) in [5.74, 6) is -0.192. The molecule has 15 heavy (non-hydrogen) atoms. The van der Waals surface area contributed by atoms with Crippen LogP contribution < -0.4 is 4.90 Å². The lowest BCUT2D eigenvalue weighted by molar-refractivity contribution is -0.121. The number of pyridine rings is 1. The van der Waals surface area contributed by atoms with Crippen LogP contribution in [0, 0.1) is 6.92 Å². The van der Waals surface area contributed by atoms with Gasteiger partial charge in [0.15, 0.2) is 5.78 Å². The van der Waals surface area contributed by atoms with Gasteiger partial charge in [0.2, 0.25) is 5.91 Å². The molecule has 0 N–H and O–H groups in total. The Morgan fingerprint density at radius 1 is 1.47 bits per heavy atom. The van der Waals surface area contributed by atoms with Gasteiger partial charge in [-0.25, -0.2) is 0 Å². The third-order valence-electron chi connectivity index (χ3n) is 2.30. The molecule has 0 atom stereocenters. The number of hydrogen-bond acceptors (Lipinski definition) is 3. The van der Waals surface area contributed by atoms with Crippen LogP contribution in [0.5, 0.6) is 0 Å².